The number of hydrazone groups is 1. The van der Waals surface area contributed by atoms with E-state index in [-0.39, 0.29) is 12.5 Å². The summed E-state index contributed by atoms with van der Waals surface area (Å²) in [6.45, 7) is 2.23. The number of halogens is 1. The molecule has 0 aliphatic carbocycles. The molecule has 1 aromatic heterocycles. The maximum Gasteiger partial charge on any atom is 0.285 e. The van der Waals surface area contributed by atoms with Crippen LogP contribution in [0.25, 0.3) is 0 Å². The third-order valence-electron chi connectivity index (χ3n) is 5.11. The number of hydrogen-bond donors (Lipinski definition) is 2. The van der Waals surface area contributed by atoms with Crippen LogP contribution in [-0.2, 0) is 6.61 Å². The number of amides is 2. The second kappa shape index (κ2) is 11.2. The van der Waals surface area contributed by atoms with E-state index in [0.717, 1.165) is 11.1 Å². The second-order valence-corrected chi connectivity index (χ2v) is 7.98. The molecule has 0 aliphatic heterocycles. The molecular formula is C27H22ClN3O4. The van der Waals surface area contributed by atoms with Gasteiger partial charge in [-0.3, -0.25) is 9.59 Å². The highest BCUT2D eigenvalue weighted by Gasteiger charge is 2.09. The number of nitrogens with one attached hydrogen (secondary N) is 2. The van der Waals surface area contributed by atoms with Crippen molar-refractivity contribution in [2.75, 3.05) is 5.32 Å². The first-order chi connectivity index (χ1) is 17.0. The van der Waals surface area contributed by atoms with E-state index in [4.69, 9.17) is 20.8 Å². The Morgan fingerprint density at radius 3 is 2.40 bits per heavy atom. The Morgan fingerprint density at radius 1 is 0.914 bits per heavy atom. The molecule has 0 bridgehead atoms. The Bertz CT molecular complexity index is 1330. The zero-order chi connectivity index (χ0) is 24.6. The van der Waals surface area contributed by atoms with Crippen molar-refractivity contribution in [1.82, 2.24) is 5.43 Å². The summed E-state index contributed by atoms with van der Waals surface area (Å²) in [5.74, 6) is 0.0935. The van der Waals surface area contributed by atoms with Crippen LogP contribution in [0, 0.1) is 6.92 Å². The molecule has 0 radical (unpaired) electrons. The molecule has 0 spiro atoms. The van der Waals surface area contributed by atoms with E-state index < -0.39 is 5.91 Å². The lowest BCUT2D eigenvalue weighted by Crippen LogP contribution is -2.17. The number of anilines is 1. The van der Waals surface area contributed by atoms with Crippen molar-refractivity contribution in [3.05, 3.63) is 118 Å². The van der Waals surface area contributed by atoms with Gasteiger partial charge in [0.25, 0.3) is 17.8 Å². The Hall–Kier alpha value is -4.36. The number of benzene rings is 3. The van der Waals surface area contributed by atoms with Crippen LogP contribution in [0.5, 0.6) is 5.95 Å². The van der Waals surface area contributed by atoms with Crippen molar-refractivity contribution in [2.45, 2.75) is 13.5 Å². The number of carbonyl (C=O) groups is 2. The summed E-state index contributed by atoms with van der Waals surface area (Å²) < 4.78 is 11.2. The fraction of sp³-hybridized carbons (Fsp3) is 0.0741. The highest BCUT2D eigenvalue weighted by atomic mass is 35.5. The number of nitrogens with zero attached hydrogens (tertiary/aromatic N) is 1. The van der Waals surface area contributed by atoms with Gasteiger partial charge in [0, 0.05) is 33.5 Å². The van der Waals surface area contributed by atoms with E-state index in [1.165, 1.54) is 6.21 Å². The van der Waals surface area contributed by atoms with E-state index in [9.17, 15) is 9.59 Å². The van der Waals surface area contributed by atoms with Crippen molar-refractivity contribution in [2.24, 2.45) is 5.10 Å². The average molecular weight is 488 g/mol. The zero-order valence-electron chi connectivity index (χ0n) is 18.8. The van der Waals surface area contributed by atoms with Crippen molar-refractivity contribution in [3.8, 4) is 5.95 Å². The topological polar surface area (TPSA) is 92.9 Å². The number of furan rings is 1. The smallest absolute Gasteiger partial charge is 0.285 e. The normalized spacial score (nSPS) is 10.8. The van der Waals surface area contributed by atoms with Crippen LogP contribution >= 0.6 is 11.6 Å². The molecule has 0 fully saturated rings. The van der Waals surface area contributed by atoms with Crippen LogP contribution in [0.2, 0.25) is 5.02 Å². The van der Waals surface area contributed by atoms with Crippen LogP contribution in [0.3, 0.4) is 0 Å². The monoisotopic (exact) mass is 487 g/mol. The molecule has 3 aromatic carbocycles. The molecule has 0 saturated heterocycles. The minimum atomic E-state index is -0.403. The number of rotatable bonds is 8. The van der Waals surface area contributed by atoms with Crippen LogP contribution < -0.4 is 15.5 Å². The summed E-state index contributed by atoms with van der Waals surface area (Å²) in [6.07, 6.45) is 1.37. The van der Waals surface area contributed by atoms with Gasteiger partial charge in [-0.25, -0.2) is 5.43 Å². The maximum absolute atomic E-state index is 12.3. The predicted molar refractivity (Wildman–Crippen MR) is 135 cm³/mol. The standard InChI is InChI=1S/C27H22ClN3O4/c1-18-6-5-9-24(28)23(18)17-34-25-15-14-22(35-25)16-29-31-27(33)20-10-12-21(13-11-20)30-26(32)19-7-3-2-4-8-19/h2-16H,17H2,1H3,(H,30,32)(H,31,33)/b29-16+. The minimum Gasteiger partial charge on any atom is -0.460 e. The van der Waals surface area contributed by atoms with E-state index in [2.05, 4.69) is 15.8 Å². The fourth-order valence-electron chi connectivity index (χ4n) is 3.19. The molecule has 0 aliphatic rings. The van der Waals surface area contributed by atoms with Crippen LogP contribution in [0.1, 0.15) is 37.6 Å². The highest BCUT2D eigenvalue weighted by Crippen LogP contribution is 2.23. The first-order valence-corrected chi connectivity index (χ1v) is 11.1. The molecule has 1 heterocycles. The van der Waals surface area contributed by atoms with Crippen LogP contribution in [0.4, 0.5) is 5.69 Å². The van der Waals surface area contributed by atoms with Gasteiger partial charge in [0.05, 0.1) is 6.21 Å². The van der Waals surface area contributed by atoms with E-state index in [1.807, 2.05) is 31.2 Å². The van der Waals surface area contributed by atoms with Crippen molar-refractivity contribution in [3.63, 3.8) is 0 Å². The SMILES string of the molecule is Cc1cccc(Cl)c1COc1ccc(/C=N/NC(=O)c2ccc(NC(=O)c3ccccc3)cc2)o1. The molecule has 176 valence electrons. The Kier molecular flexibility index (Phi) is 7.60. The summed E-state index contributed by atoms with van der Waals surface area (Å²) in [4.78, 5) is 24.6. The lowest BCUT2D eigenvalue weighted by molar-refractivity contribution is 0.0954. The van der Waals surface area contributed by atoms with Gasteiger partial charge >= 0.3 is 0 Å². The summed E-state index contributed by atoms with van der Waals surface area (Å²) in [6, 6.07) is 24.4. The van der Waals surface area contributed by atoms with Gasteiger partial charge in [0.15, 0.2) is 5.76 Å². The number of hydrogen-bond acceptors (Lipinski definition) is 5. The number of aryl methyl sites for hydroxylation is 1. The summed E-state index contributed by atoms with van der Waals surface area (Å²) in [7, 11) is 0. The second-order valence-electron chi connectivity index (χ2n) is 7.58. The number of ether oxygens (including phenoxy) is 1. The molecule has 2 amide bonds. The lowest BCUT2D eigenvalue weighted by atomic mass is 10.1. The van der Waals surface area contributed by atoms with Crippen LogP contribution in [0.15, 0.2) is 94.4 Å². The van der Waals surface area contributed by atoms with Gasteiger partial charge in [-0.1, -0.05) is 41.9 Å². The van der Waals surface area contributed by atoms with Crippen molar-refractivity contribution < 1.29 is 18.7 Å². The Morgan fingerprint density at radius 2 is 1.66 bits per heavy atom. The average Bonchev–Trinajstić information content (AvgIpc) is 3.32. The zero-order valence-corrected chi connectivity index (χ0v) is 19.6. The van der Waals surface area contributed by atoms with Gasteiger partial charge < -0.3 is 14.5 Å². The fourth-order valence-corrected chi connectivity index (χ4v) is 3.47. The molecule has 7 nitrogen and oxygen atoms in total. The van der Waals surface area contributed by atoms with E-state index in [0.29, 0.717) is 33.5 Å². The first-order valence-electron chi connectivity index (χ1n) is 10.8. The largest absolute Gasteiger partial charge is 0.460 e. The van der Waals surface area contributed by atoms with Crippen LogP contribution in [-0.4, -0.2) is 18.0 Å². The minimum absolute atomic E-state index is 0.226. The molecule has 0 saturated carbocycles. The summed E-state index contributed by atoms with van der Waals surface area (Å²) in [5.41, 5.74) is 5.87. The third kappa shape index (κ3) is 6.37. The molecule has 0 unspecified atom stereocenters. The van der Waals surface area contributed by atoms with Gasteiger partial charge in [-0.2, -0.15) is 5.10 Å². The maximum atomic E-state index is 12.3. The van der Waals surface area contributed by atoms with Gasteiger partial charge in [0.2, 0.25) is 0 Å². The number of carbonyl (C=O) groups excluding carboxylic acids is 2. The predicted octanol–water partition coefficient (Wildman–Crippen LogP) is 5.84. The quantitative estimate of drug-likeness (QED) is 0.241. The highest BCUT2D eigenvalue weighted by molar-refractivity contribution is 6.31. The molecule has 4 aromatic rings. The summed E-state index contributed by atoms with van der Waals surface area (Å²) in [5, 5.41) is 7.34. The Labute approximate surface area is 207 Å². The third-order valence-corrected chi connectivity index (χ3v) is 5.47. The summed E-state index contributed by atoms with van der Waals surface area (Å²) >= 11 is 6.22. The van der Waals surface area contributed by atoms with Gasteiger partial charge in [-0.05, 0) is 61.0 Å². The Balaban J connectivity index is 1.28. The van der Waals surface area contributed by atoms with Crippen molar-refractivity contribution in [1.29, 1.82) is 0 Å². The van der Waals surface area contributed by atoms with Gasteiger partial charge in [-0.15, -0.1) is 0 Å². The van der Waals surface area contributed by atoms with E-state index in [1.54, 1.807) is 60.7 Å². The van der Waals surface area contributed by atoms with Crippen molar-refractivity contribution >= 4 is 35.3 Å². The lowest BCUT2D eigenvalue weighted by Gasteiger charge is -2.08. The first kappa shape index (κ1) is 23.8. The molecular weight excluding hydrogens is 466 g/mol. The van der Waals surface area contributed by atoms with E-state index >= 15 is 0 Å². The molecule has 35 heavy (non-hydrogen) atoms. The molecule has 0 atom stereocenters. The molecule has 8 heteroatoms. The molecule has 4 rings (SSSR count). The van der Waals surface area contributed by atoms with Gasteiger partial charge in [0.1, 0.15) is 6.61 Å². The molecule has 2 N–H and O–H groups in total.